The summed E-state index contributed by atoms with van der Waals surface area (Å²) in [6.07, 6.45) is 2.25. The smallest absolute Gasteiger partial charge is 0.309 e. The zero-order valence-corrected chi connectivity index (χ0v) is 9.30. The lowest BCUT2D eigenvalue weighted by Gasteiger charge is -2.25. The van der Waals surface area contributed by atoms with Gasteiger partial charge < -0.3 is 16.4 Å². The van der Waals surface area contributed by atoms with Gasteiger partial charge in [0.25, 0.3) is 0 Å². The Morgan fingerprint density at radius 2 is 1.93 bits per heavy atom. The minimum absolute atomic E-state index is 0.281. The summed E-state index contributed by atoms with van der Waals surface area (Å²) in [5.41, 5.74) is 4.94. The molecule has 0 unspecified atom stereocenters. The highest BCUT2D eigenvalue weighted by atomic mass is 16.2. The number of amides is 2. The number of rotatable bonds is 4. The third kappa shape index (κ3) is 3.51. The molecule has 0 saturated heterocycles. The first-order chi connectivity index (χ1) is 6.97. The predicted molar refractivity (Wildman–Crippen MR) is 57.0 cm³/mol. The van der Waals surface area contributed by atoms with E-state index in [9.17, 15) is 9.59 Å². The molecule has 2 amide bonds. The first kappa shape index (κ1) is 12.0. The normalized spacial score (nSPS) is 15.9. The molecule has 86 valence electrons. The van der Waals surface area contributed by atoms with Gasteiger partial charge in [-0.25, -0.2) is 0 Å². The molecule has 1 fully saturated rings. The van der Waals surface area contributed by atoms with Crippen LogP contribution in [0, 0.1) is 5.92 Å². The highest BCUT2D eigenvalue weighted by molar-refractivity contribution is 6.35. The van der Waals surface area contributed by atoms with Crippen molar-refractivity contribution in [3.05, 3.63) is 0 Å². The monoisotopic (exact) mass is 213 g/mol. The molecule has 0 bridgehead atoms. The van der Waals surface area contributed by atoms with E-state index in [2.05, 4.69) is 10.6 Å². The Bertz CT molecular complexity index is 259. The minimum atomic E-state index is -0.603. The van der Waals surface area contributed by atoms with Gasteiger partial charge in [0.2, 0.25) is 0 Å². The first-order valence-corrected chi connectivity index (χ1v) is 5.28. The molecular formula is C10H19N3O2. The largest absolute Gasteiger partial charge is 0.347 e. The van der Waals surface area contributed by atoms with Crippen LogP contribution in [0.15, 0.2) is 0 Å². The molecule has 0 atom stereocenters. The van der Waals surface area contributed by atoms with Crippen LogP contribution in [0.2, 0.25) is 0 Å². The summed E-state index contributed by atoms with van der Waals surface area (Å²) in [6.45, 7) is 4.55. The number of hydrogen-bond acceptors (Lipinski definition) is 3. The molecule has 1 aliphatic rings. The van der Waals surface area contributed by atoms with E-state index in [0.29, 0.717) is 19.0 Å². The quantitative estimate of drug-likeness (QED) is 0.543. The van der Waals surface area contributed by atoms with Crippen LogP contribution in [-0.4, -0.2) is 30.4 Å². The van der Waals surface area contributed by atoms with Crippen LogP contribution in [0.3, 0.4) is 0 Å². The van der Waals surface area contributed by atoms with Gasteiger partial charge in [-0.3, -0.25) is 9.59 Å². The molecule has 4 N–H and O–H groups in total. The van der Waals surface area contributed by atoms with Gasteiger partial charge in [-0.15, -0.1) is 0 Å². The number of carbonyl (C=O) groups excluding carboxylic acids is 2. The number of hydrogen-bond donors (Lipinski definition) is 3. The molecule has 15 heavy (non-hydrogen) atoms. The number of nitrogens with two attached hydrogens (primary N) is 1. The van der Waals surface area contributed by atoms with Crippen LogP contribution >= 0.6 is 0 Å². The molecule has 1 saturated carbocycles. The van der Waals surface area contributed by atoms with Crippen LogP contribution in [0.25, 0.3) is 0 Å². The fraction of sp³-hybridized carbons (Fsp3) is 0.800. The summed E-state index contributed by atoms with van der Waals surface area (Å²) in [5.74, 6) is -0.668. The molecule has 0 aromatic carbocycles. The number of carbonyl (C=O) groups is 2. The Kier molecular flexibility index (Phi) is 3.68. The van der Waals surface area contributed by atoms with E-state index in [-0.39, 0.29) is 5.54 Å². The highest BCUT2D eigenvalue weighted by Crippen LogP contribution is 2.39. The van der Waals surface area contributed by atoms with Gasteiger partial charge in [0.15, 0.2) is 0 Å². The van der Waals surface area contributed by atoms with Gasteiger partial charge >= 0.3 is 11.8 Å². The Hall–Kier alpha value is -1.10. The molecule has 0 radical (unpaired) electrons. The van der Waals surface area contributed by atoms with Crippen LogP contribution in [-0.2, 0) is 9.59 Å². The maximum atomic E-state index is 11.4. The summed E-state index contributed by atoms with van der Waals surface area (Å²) in [6, 6.07) is 0. The fourth-order valence-corrected chi connectivity index (χ4v) is 1.52. The first-order valence-electron chi connectivity index (χ1n) is 5.28. The molecule has 0 heterocycles. The molecule has 1 aliphatic carbocycles. The molecule has 0 aromatic heterocycles. The third-order valence-corrected chi connectivity index (χ3v) is 2.67. The fourth-order valence-electron chi connectivity index (χ4n) is 1.52. The summed E-state index contributed by atoms with van der Waals surface area (Å²) in [7, 11) is 0. The van der Waals surface area contributed by atoms with Crippen molar-refractivity contribution in [3.63, 3.8) is 0 Å². The lowest BCUT2D eigenvalue weighted by molar-refractivity contribution is -0.140. The minimum Gasteiger partial charge on any atom is -0.347 e. The van der Waals surface area contributed by atoms with Crippen molar-refractivity contribution in [1.29, 1.82) is 0 Å². The predicted octanol–water partition coefficient (Wildman–Crippen LogP) is -0.634. The Morgan fingerprint density at radius 3 is 2.40 bits per heavy atom. The van der Waals surface area contributed by atoms with E-state index in [1.165, 1.54) is 0 Å². The Labute approximate surface area is 89.8 Å². The molecular weight excluding hydrogens is 194 g/mol. The van der Waals surface area contributed by atoms with E-state index in [4.69, 9.17) is 5.73 Å². The third-order valence-electron chi connectivity index (χ3n) is 2.67. The molecule has 5 nitrogen and oxygen atoms in total. The second-order valence-electron chi connectivity index (χ2n) is 4.49. The second-order valence-corrected chi connectivity index (χ2v) is 4.49. The topological polar surface area (TPSA) is 84.2 Å². The van der Waals surface area contributed by atoms with Crippen molar-refractivity contribution in [1.82, 2.24) is 10.6 Å². The van der Waals surface area contributed by atoms with E-state index in [1.54, 1.807) is 0 Å². The summed E-state index contributed by atoms with van der Waals surface area (Å²) < 4.78 is 0. The van der Waals surface area contributed by atoms with Gasteiger partial charge in [0.1, 0.15) is 0 Å². The molecule has 0 spiro atoms. The summed E-state index contributed by atoms with van der Waals surface area (Å²) in [5, 5.41) is 5.17. The summed E-state index contributed by atoms with van der Waals surface area (Å²) in [4.78, 5) is 22.7. The van der Waals surface area contributed by atoms with Crippen molar-refractivity contribution < 1.29 is 9.59 Å². The number of nitrogens with one attached hydrogen (secondary N) is 2. The highest BCUT2D eigenvalue weighted by Gasteiger charge is 2.39. The molecule has 0 aliphatic heterocycles. The van der Waals surface area contributed by atoms with Gasteiger partial charge in [0.05, 0.1) is 0 Å². The van der Waals surface area contributed by atoms with Crippen LogP contribution < -0.4 is 16.4 Å². The average Bonchev–Trinajstić information content (AvgIpc) is 2.96. The van der Waals surface area contributed by atoms with Crippen LogP contribution in [0.5, 0.6) is 0 Å². The van der Waals surface area contributed by atoms with Crippen molar-refractivity contribution >= 4 is 11.8 Å². The van der Waals surface area contributed by atoms with Crippen LogP contribution in [0.4, 0.5) is 0 Å². The summed E-state index contributed by atoms with van der Waals surface area (Å²) >= 11 is 0. The van der Waals surface area contributed by atoms with Crippen molar-refractivity contribution in [3.8, 4) is 0 Å². The maximum absolute atomic E-state index is 11.4. The lowest BCUT2D eigenvalue weighted by Crippen LogP contribution is -2.51. The van der Waals surface area contributed by atoms with E-state index in [0.717, 1.165) is 12.8 Å². The SMILES string of the molecule is CC(C)(NC(=O)C(=O)NCCN)C1CC1. The van der Waals surface area contributed by atoms with Crippen LogP contribution in [0.1, 0.15) is 26.7 Å². The Balaban J connectivity index is 2.36. The molecule has 5 heteroatoms. The maximum Gasteiger partial charge on any atom is 0.309 e. The Morgan fingerprint density at radius 1 is 1.33 bits per heavy atom. The average molecular weight is 213 g/mol. The molecule has 1 rings (SSSR count). The second kappa shape index (κ2) is 4.61. The van der Waals surface area contributed by atoms with Gasteiger partial charge in [-0.1, -0.05) is 0 Å². The zero-order valence-electron chi connectivity index (χ0n) is 9.30. The standard InChI is InChI=1S/C10H19N3O2/c1-10(2,7-3-4-7)13-9(15)8(14)12-6-5-11/h7H,3-6,11H2,1-2H3,(H,12,14)(H,13,15). The van der Waals surface area contributed by atoms with E-state index >= 15 is 0 Å². The molecule has 0 aromatic rings. The van der Waals surface area contributed by atoms with Gasteiger partial charge in [0, 0.05) is 18.6 Å². The van der Waals surface area contributed by atoms with Crippen molar-refractivity contribution in [2.24, 2.45) is 11.7 Å². The van der Waals surface area contributed by atoms with Gasteiger partial charge in [-0.2, -0.15) is 0 Å². The van der Waals surface area contributed by atoms with Crippen molar-refractivity contribution in [2.45, 2.75) is 32.2 Å². The van der Waals surface area contributed by atoms with E-state index < -0.39 is 11.8 Å². The van der Waals surface area contributed by atoms with Gasteiger partial charge in [-0.05, 0) is 32.6 Å². The lowest BCUT2D eigenvalue weighted by atomic mass is 9.99. The van der Waals surface area contributed by atoms with E-state index in [1.807, 2.05) is 13.8 Å². The van der Waals surface area contributed by atoms with Crippen molar-refractivity contribution in [2.75, 3.05) is 13.1 Å². The zero-order chi connectivity index (χ0) is 11.5.